The van der Waals surface area contributed by atoms with E-state index in [4.69, 9.17) is 4.42 Å². The summed E-state index contributed by atoms with van der Waals surface area (Å²) in [5.74, 6) is 0. The highest BCUT2D eigenvalue weighted by Gasteiger charge is 2.22. The van der Waals surface area contributed by atoms with Gasteiger partial charge in [0, 0.05) is 37.6 Å². The van der Waals surface area contributed by atoms with Crippen molar-refractivity contribution < 1.29 is 4.42 Å². The molecule has 3 heteroatoms. The number of para-hydroxylation sites is 1. The first kappa shape index (κ1) is 31.6. The Hall–Kier alpha value is -6.94. The van der Waals surface area contributed by atoms with Gasteiger partial charge in [-0.3, -0.25) is 0 Å². The van der Waals surface area contributed by atoms with Gasteiger partial charge in [0.2, 0.25) is 0 Å². The Morgan fingerprint density at radius 1 is 0.382 bits per heavy atom. The van der Waals surface area contributed by atoms with Crippen LogP contribution in [-0.2, 0) is 0 Å². The molecule has 0 atom stereocenters. The van der Waals surface area contributed by atoms with Crippen LogP contribution >= 0.6 is 11.3 Å². The van der Waals surface area contributed by atoms with Gasteiger partial charge in [0.05, 0.1) is 10.4 Å². The fraction of sp³-hybridized carbons (Fsp3) is 0. The van der Waals surface area contributed by atoms with Gasteiger partial charge < -0.3 is 9.32 Å². The van der Waals surface area contributed by atoms with Crippen molar-refractivity contribution in [1.29, 1.82) is 0 Å². The lowest BCUT2D eigenvalue weighted by atomic mass is 9.89. The molecule has 0 fully saturated rings. The van der Waals surface area contributed by atoms with Gasteiger partial charge >= 0.3 is 0 Å². The number of fused-ring (bicyclic) bond motifs is 7. The van der Waals surface area contributed by atoms with Crippen molar-refractivity contribution in [3.05, 3.63) is 200 Å². The van der Waals surface area contributed by atoms with Crippen LogP contribution in [0.2, 0.25) is 0 Å². The molecule has 0 unspecified atom stereocenters. The van der Waals surface area contributed by atoms with E-state index in [-0.39, 0.29) is 0 Å². The minimum Gasteiger partial charge on any atom is -0.456 e. The van der Waals surface area contributed by atoms with Crippen LogP contribution in [0.3, 0.4) is 0 Å². The molecule has 0 saturated heterocycles. The van der Waals surface area contributed by atoms with Crippen molar-refractivity contribution in [3.8, 4) is 33.4 Å². The van der Waals surface area contributed by atoms with Crippen molar-refractivity contribution in [2.75, 3.05) is 4.90 Å². The zero-order valence-electron chi connectivity index (χ0n) is 29.8. The van der Waals surface area contributed by atoms with Gasteiger partial charge in [-0.15, -0.1) is 11.3 Å². The van der Waals surface area contributed by atoms with Gasteiger partial charge in [-0.05, 0) is 92.7 Å². The highest BCUT2D eigenvalue weighted by atomic mass is 32.1. The Balaban J connectivity index is 1.19. The number of hydrogen-bond donors (Lipinski definition) is 0. The van der Waals surface area contributed by atoms with Crippen molar-refractivity contribution in [3.63, 3.8) is 0 Å². The van der Waals surface area contributed by atoms with Crippen LogP contribution in [0.4, 0.5) is 17.1 Å². The first-order chi connectivity index (χ1) is 27.3. The maximum Gasteiger partial charge on any atom is 0.136 e. The second-order valence-corrected chi connectivity index (χ2v) is 15.1. The quantitative estimate of drug-likeness (QED) is 0.170. The molecule has 258 valence electrons. The molecule has 2 nitrogen and oxygen atoms in total. The molecular formula is C52H33NOS. The van der Waals surface area contributed by atoms with Crippen LogP contribution < -0.4 is 4.90 Å². The first-order valence-electron chi connectivity index (χ1n) is 18.7. The second kappa shape index (κ2) is 12.9. The topological polar surface area (TPSA) is 16.4 Å². The molecule has 2 aromatic heterocycles. The van der Waals surface area contributed by atoms with Crippen LogP contribution in [0.15, 0.2) is 205 Å². The molecule has 55 heavy (non-hydrogen) atoms. The van der Waals surface area contributed by atoms with Crippen molar-refractivity contribution in [2.45, 2.75) is 0 Å². The van der Waals surface area contributed by atoms with Crippen LogP contribution in [0.5, 0.6) is 0 Å². The lowest BCUT2D eigenvalue weighted by molar-refractivity contribution is 0.669. The number of nitrogens with zero attached hydrogens (tertiary/aromatic N) is 1. The first-order valence-corrected chi connectivity index (χ1v) is 19.5. The maximum absolute atomic E-state index is 6.41. The lowest BCUT2D eigenvalue weighted by Crippen LogP contribution is -2.10. The van der Waals surface area contributed by atoms with Gasteiger partial charge in [-0.1, -0.05) is 152 Å². The molecule has 0 aliphatic rings. The number of hydrogen-bond acceptors (Lipinski definition) is 3. The molecule has 0 saturated carbocycles. The molecule has 0 spiro atoms. The third-order valence-corrected chi connectivity index (χ3v) is 12.1. The zero-order valence-corrected chi connectivity index (χ0v) is 30.6. The van der Waals surface area contributed by atoms with Crippen LogP contribution in [-0.4, -0.2) is 0 Å². The highest BCUT2D eigenvalue weighted by Crippen LogP contribution is 2.48. The Morgan fingerprint density at radius 3 is 1.91 bits per heavy atom. The predicted octanol–water partition coefficient (Wildman–Crippen LogP) is 15.6. The fourth-order valence-corrected chi connectivity index (χ4v) is 9.56. The SMILES string of the molecule is c1ccc(-c2ccc(N(c3ccc(-c4cccc5oc6ccccc6c45)c(-c4cccc5ccccc45)c3)c3cccc4c3sc3ccccc34)cc2)cc1. The molecule has 0 bridgehead atoms. The normalized spacial score (nSPS) is 11.6. The molecule has 0 amide bonds. The minimum atomic E-state index is 0.892. The van der Waals surface area contributed by atoms with Crippen LogP contribution in [0.1, 0.15) is 0 Å². The van der Waals surface area contributed by atoms with E-state index in [1.54, 1.807) is 0 Å². The standard InChI is InChI=1S/C52H33NOS/c1-2-13-34(14-3-1)35-27-29-37(30-28-35)53(47-23-11-22-44-42-18-7-9-26-50(42)55-52(44)47)38-31-32-41(46(33-38)40-20-10-16-36-15-4-5-17-39(36)40)43-21-12-25-49-51(43)45-19-6-8-24-48(45)54-49/h1-33H. The predicted molar refractivity (Wildman–Crippen MR) is 235 cm³/mol. The third-order valence-electron chi connectivity index (χ3n) is 10.9. The van der Waals surface area contributed by atoms with E-state index >= 15 is 0 Å². The number of furan rings is 1. The third kappa shape index (κ3) is 5.24. The number of rotatable bonds is 6. The Morgan fingerprint density at radius 2 is 1.02 bits per heavy atom. The summed E-state index contributed by atoms with van der Waals surface area (Å²) in [5, 5.41) is 7.25. The van der Waals surface area contributed by atoms with Crippen molar-refractivity contribution >= 4 is 81.3 Å². The number of benzene rings is 9. The molecular weight excluding hydrogens is 687 g/mol. The van der Waals surface area contributed by atoms with E-state index in [0.29, 0.717) is 0 Å². The summed E-state index contributed by atoms with van der Waals surface area (Å²) in [4.78, 5) is 2.44. The summed E-state index contributed by atoms with van der Waals surface area (Å²) < 4.78 is 8.96. The van der Waals surface area contributed by atoms with E-state index in [1.165, 1.54) is 53.2 Å². The summed E-state index contributed by atoms with van der Waals surface area (Å²) in [7, 11) is 0. The number of thiophene rings is 1. The van der Waals surface area contributed by atoms with Gasteiger partial charge in [-0.2, -0.15) is 0 Å². The fourth-order valence-electron chi connectivity index (χ4n) is 8.36. The minimum absolute atomic E-state index is 0.892. The molecule has 0 aliphatic carbocycles. The summed E-state index contributed by atoms with van der Waals surface area (Å²) in [6.07, 6.45) is 0. The van der Waals surface area contributed by atoms with Crippen LogP contribution in [0.25, 0.3) is 86.3 Å². The van der Waals surface area contributed by atoms with Crippen molar-refractivity contribution in [2.24, 2.45) is 0 Å². The Kier molecular flexibility index (Phi) is 7.39. The van der Waals surface area contributed by atoms with E-state index in [9.17, 15) is 0 Å². The van der Waals surface area contributed by atoms with E-state index < -0.39 is 0 Å². The lowest BCUT2D eigenvalue weighted by Gasteiger charge is -2.28. The summed E-state index contributed by atoms with van der Waals surface area (Å²) in [6.45, 7) is 0. The smallest absolute Gasteiger partial charge is 0.136 e. The molecule has 0 radical (unpaired) electrons. The van der Waals surface area contributed by atoms with Crippen LogP contribution in [0, 0.1) is 0 Å². The molecule has 11 aromatic rings. The average Bonchev–Trinajstić information content (AvgIpc) is 3.83. The molecule has 9 aromatic carbocycles. The van der Waals surface area contributed by atoms with E-state index in [2.05, 4.69) is 199 Å². The molecule has 0 N–H and O–H groups in total. The summed E-state index contributed by atoms with van der Waals surface area (Å²) in [6, 6.07) is 72.3. The maximum atomic E-state index is 6.41. The average molecular weight is 720 g/mol. The molecule has 11 rings (SSSR count). The largest absolute Gasteiger partial charge is 0.456 e. The zero-order chi connectivity index (χ0) is 36.3. The highest BCUT2D eigenvalue weighted by molar-refractivity contribution is 7.26. The van der Waals surface area contributed by atoms with Gasteiger partial charge in [0.1, 0.15) is 11.2 Å². The molecule has 0 aliphatic heterocycles. The van der Waals surface area contributed by atoms with Gasteiger partial charge in [0.15, 0.2) is 0 Å². The van der Waals surface area contributed by atoms with Gasteiger partial charge in [-0.25, -0.2) is 0 Å². The van der Waals surface area contributed by atoms with E-state index in [1.807, 2.05) is 17.4 Å². The van der Waals surface area contributed by atoms with E-state index in [0.717, 1.165) is 50.1 Å². The second-order valence-electron chi connectivity index (χ2n) is 14.0. The monoisotopic (exact) mass is 719 g/mol. The number of anilines is 3. The molecule has 2 heterocycles. The Bertz CT molecular complexity index is 3200. The Labute approximate surface area is 322 Å². The van der Waals surface area contributed by atoms with Crippen molar-refractivity contribution in [1.82, 2.24) is 0 Å². The summed E-state index contributed by atoms with van der Waals surface area (Å²) in [5.41, 5.74) is 12.2. The van der Waals surface area contributed by atoms with Gasteiger partial charge in [0.25, 0.3) is 0 Å². The summed E-state index contributed by atoms with van der Waals surface area (Å²) >= 11 is 1.86.